The van der Waals surface area contributed by atoms with Crippen molar-refractivity contribution in [3.8, 4) is 0 Å². The Bertz CT molecular complexity index is 805. The van der Waals surface area contributed by atoms with E-state index in [0.717, 1.165) is 32.1 Å². The number of hydrogen-bond donors (Lipinski definition) is 3. The van der Waals surface area contributed by atoms with Gasteiger partial charge < -0.3 is 5.32 Å². The summed E-state index contributed by atoms with van der Waals surface area (Å²) in [7, 11) is -3.54. The Morgan fingerprint density at radius 1 is 1.04 bits per heavy atom. The molecular formula is C19H28N4O3S2. The van der Waals surface area contributed by atoms with Crippen LogP contribution < -0.4 is 16.2 Å². The molecule has 1 heterocycles. The van der Waals surface area contributed by atoms with Crippen molar-refractivity contribution in [3.05, 3.63) is 29.8 Å². The van der Waals surface area contributed by atoms with Gasteiger partial charge in [-0.1, -0.05) is 19.3 Å². The molecule has 3 N–H and O–H groups in total. The summed E-state index contributed by atoms with van der Waals surface area (Å²) in [5, 5.41) is 3.56. The largest absolute Gasteiger partial charge is 0.359 e. The molecule has 7 nitrogen and oxygen atoms in total. The van der Waals surface area contributed by atoms with Crippen LogP contribution >= 0.6 is 12.2 Å². The summed E-state index contributed by atoms with van der Waals surface area (Å²) in [5.74, 6) is -0.370. The molecule has 1 amide bonds. The average molecular weight is 425 g/mol. The predicted molar refractivity (Wildman–Crippen MR) is 112 cm³/mol. The Balaban J connectivity index is 1.57. The van der Waals surface area contributed by atoms with Gasteiger partial charge in [-0.25, -0.2) is 8.42 Å². The van der Waals surface area contributed by atoms with E-state index >= 15 is 0 Å². The maximum absolute atomic E-state index is 12.8. The first-order valence-corrected chi connectivity index (χ1v) is 11.7. The van der Waals surface area contributed by atoms with Crippen molar-refractivity contribution in [1.82, 2.24) is 20.5 Å². The van der Waals surface area contributed by atoms with Crippen LogP contribution in [0.25, 0.3) is 0 Å². The van der Waals surface area contributed by atoms with E-state index in [0.29, 0.717) is 23.3 Å². The number of carbonyl (C=O) groups is 1. The molecule has 2 aliphatic rings. The maximum Gasteiger partial charge on any atom is 0.269 e. The van der Waals surface area contributed by atoms with E-state index in [1.54, 1.807) is 4.31 Å². The zero-order chi connectivity index (χ0) is 20.1. The van der Waals surface area contributed by atoms with Gasteiger partial charge in [-0.3, -0.25) is 15.6 Å². The minimum absolute atomic E-state index is 0.000644. The average Bonchev–Trinajstić information content (AvgIpc) is 3.19. The van der Waals surface area contributed by atoms with Gasteiger partial charge in [-0.15, -0.1) is 0 Å². The SMILES string of the molecule is C[C@@H]1CCCCN1S(=O)(=O)c1ccc(C(=O)NNC(=S)NC2CCCC2)cc1. The summed E-state index contributed by atoms with van der Waals surface area (Å²) in [6, 6.07) is 6.37. The molecule has 1 saturated carbocycles. The predicted octanol–water partition coefficient (Wildman–Crippen LogP) is 2.30. The van der Waals surface area contributed by atoms with Gasteiger partial charge in [0.25, 0.3) is 5.91 Å². The van der Waals surface area contributed by atoms with Gasteiger partial charge in [0.05, 0.1) is 4.90 Å². The first kappa shape index (κ1) is 21.0. The molecular weight excluding hydrogens is 396 g/mol. The molecule has 154 valence electrons. The van der Waals surface area contributed by atoms with Crippen molar-refractivity contribution in [2.24, 2.45) is 0 Å². The van der Waals surface area contributed by atoms with Crippen LogP contribution in [-0.4, -0.2) is 42.4 Å². The van der Waals surface area contributed by atoms with Crippen molar-refractivity contribution in [3.63, 3.8) is 0 Å². The van der Waals surface area contributed by atoms with Crippen molar-refractivity contribution in [1.29, 1.82) is 0 Å². The van der Waals surface area contributed by atoms with Crippen molar-refractivity contribution < 1.29 is 13.2 Å². The van der Waals surface area contributed by atoms with Gasteiger partial charge in [0.1, 0.15) is 0 Å². The molecule has 1 aliphatic heterocycles. The van der Waals surface area contributed by atoms with Crippen LogP contribution in [0.3, 0.4) is 0 Å². The third-order valence-corrected chi connectivity index (χ3v) is 7.69. The van der Waals surface area contributed by atoms with Crippen LogP contribution in [0.2, 0.25) is 0 Å². The van der Waals surface area contributed by atoms with Crippen LogP contribution in [0.15, 0.2) is 29.2 Å². The van der Waals surface area contributed by atoms with Gasteiger partial charge in [0.2, 0.25) is 10.0 Å². The minimum atomic E-state index is -3.54. The highest BCUT2D eigenvalue weighted by Gasteiger charge is 2.30. The molecule has 1 aromatic carbocycles. The molecule has 0 unspecified atom stereocenters. The van der Waals surface area contributed by atoms with Crippen LogP contribution in [0.4, 0.5) is 0 Å². The van der Waals surface area contributed by atoms with E-state index in [1.807, 2.05) is 6.92 Å². The maximum atomic E-state index is 12.8. The molecule has 0 radical (unpaired) electrons. The van der Waals surface area contributed by atoms with E-state index in [-0.39, 0.29) is 16.8 Å². The number of thiocarbonyl (C=S) groups is 1. The number of nitrogens with zero attached hydrogens (tertiary/aromatic N) is 1. The first-order valence-electron chi connectivity index (χ1n) is 9.86. The molecule has 1 atom stereocenters. The zero-order valence-corrected chi connectivity index (χ0v) is 17.7. The highest BCUT2D eigenvalue weighted by Crippen LogP contribution is 2.25. The molecule has 2 fully saturated rings. The number of benzene rings is 1. The Morgan fingerprint density at radius 2 is 1.68 bits per heavy atom. The van der Waals surface area contributed by atoms with E-state index < -0.39 is 10.0 Å². The molecule has 0 aromatic heterocycles. The Kier molecular flexibility index (Phi) is 6.90. The van der Waals surface area contributed by atoms with Gasteiger partial charge >= 0.3 is 0 Å². The lowest BCUT2D eigenvalue weighted by molar-refractivity contribution is 0.0943. The fourth-order valence-electron chi connectivity index (χ4n) is 3.82. The number of hydrazine groups is 1. The first-order chi connectivity index (χ1) is 13.4. The van der Waals surface area contributed by atoms with Crippen LogP contribution in [0.1, 0.15) is 62.2 Å². The lowest BCUT2D eigenvalue weighted by atomic mass is 10.1. The summed E-state index contributed by atoms with van der Waals surface area (Å²) in [5.41, 5.74) is 5.62. The minimum Gasteiger partial charge on any atom is -0.359 e. The highest BCUT2D eigenvalue weighted by atomic mass is 32.2. The molecule has 1 aliphatic carbocycles. The lowest BCUT2D eigenvalue weighted by Gasteiger charge is -2.32. The number of amides is 1. The normalized spacial score (nSPS) is 21.2. The third-order valence-electron chi connectivity index (χ3n) is 5.45. The standard InChI is InChI=1S/C19H28N4O3S2/c1-14-6-4-5-13-23(14)28(25,26)17-11-9-15(10-12-17)18(24)21-22-19(27)20-16-7-2-3-8-16/h9-12,14,16H,2-8,13H2,1H3,(H,21,24)(H2,20,22,27)/t14-/m1/s1. The summed E-state index contributed by atoms with van der Waals surface area (Å²) >= 11 is 5.19. The topological polar surface area (TPSA) is 90.5 Å². The zero-order valence-electron chi connectivity index (χ0n) is 16.1. The molecule has 0 spiro atoms. The van der Waals surface area contributed by atoms with Crippen molar-refractivity contribution >= 4 is 33.3 Å². The second-order valence-corrected chi connectivity index (χ2v) is 9.82. The number of nitrogens with one attached hydrogen (secondary N) is 3. The summed E-state index contributed by atoms with van der Waals surface area (Å²) < 4.78 is 27.2. The summed E-state index contributed by atoms with van der Waals surface area (Å²) in [6.45, 7) is 2.48. The van der Waals surface area contributed by atoms with Crippen molar-refractivity contribution in [2.45, 2.75) is 68.8 Å². The van der Waals surface area contributed by atoms with Crippen LogP contribution in [0.5, 0.6) is 0 Å². The van der Waals surface area contributed by atoms with Crippen molar-refractivity contribution in [2.75, 3.05) is 6.54 Å². The van der Waals surface area contributed by atoms with Gasteiger partial charge in [-0.2, -0.15) is 4.31 Å². The van der Waals surface area contributed by atoms with Gasteiger partial charge in [0.15, 0.2) is 5.11 Å². The number of carbonyl (C=O) groups excluding carboxylic acids is 1. The second kappa shape index (κ2) is 9.19. The second-order valence-electron chi connectivity index (χ2n) is 7.52. The molecule has 9 heteroatoms. The number of piperidine rings is 1. The molecule has 1 aromatic rings. The van der Waals surface area contributed by atoms with E-state index in [1.165, 1.54) is 37.1 Å². The molecule has 0 bridgehead atoms. The Morgan fingerprint density at radius 3 is 2.32 bits per heavy atom. The molecule has 1 saturated heterocycles. The smallest absolute Gasteiger partial charge is 0.269 e. The van der Waals surface area contributed by atoms with Crippen LogP contribution in [0, 0.1) is 0 Å². The number of hydrogen-bond acceptors (Lipinski definition) is 4. The highest BCUT2D eigenvalue weighted by molar-refractivity contribution is 7.89. The van der Waals surface area contributed by atoms with Gasteiger partial charge in [-0.05, 0) is 69.1 Å². The summed E-state index contributed by atoms with van der Waals surface area (Å²) in [6.07, 6.45) is 7.36. The lowest BCUT2D eigenvalue weighted by Crippen LogP contribution is -2.49. The molecule has 3 rings (SSSR count). The monoisotopic (exact) mass is 424 g/mol. The van der Waals surface area contributed by atoms with E-state index in [9.17, 15) is 13.2 Å². The fraction of sp³-hybridized carbons (Fsp3) is 0.579. The third kappa shape index (κ3) is 5.01. The molecule has 28 heavy (non-hydrogen) atoms. The number of rotatable bonds is 4. The van der Waals surface area contributed by atoms with E-state index in [4.69, 9.17) is 12.2 Å². The quantitative estimate of drug-likeness (QED) is 0.508. The number of sulfonamides is 1. The Hall–Kier alpha value is -1.71. The van der Waals surface area contributed by atoms with Gasteiger partial charge in [0, 0.05) is 24.2 Å². The fourth-order valence-corrected chi connectivity index (χ4v) is 5.74. The van der Waals surface area contributed by atoms with Crippen LogP contribution in [-0.2, 0) is 10.0 Å². The van der Waals surface area contributed by atoms with E-state index in [2.05, 4.69) is 16.2 Å². The summed E-state index contributed by atoms with van der Waals surface area (Å²) in [4.78, 5) is 12.5. The Labute approximate surface area is 172 Å².